The monoisotopic (exact) mass is 268 g/mol. The quantitative estimate of drug-likeness (QED) is 0.526. The Bertz CT molecular complexity index is 809. The van der Waals surface area contributed by atoms with Crippen LogP contribution in [0.5, 0.6) is 11.5 Å². The highest BCUT2D eigenvalue weighted by molar-refractivity contribution is 6.05. The molecule has 0 aliphatic heterocycles. The summed E-state index contributed by atoms with van der Waals surface area (Å²) in [6.45, 7) is 2.11. The van der Waals surface area contributed by atoms with E-state index < -0.39 is 0 Å². The van der Waals surface area contributed by atoms with Crippen LogP contribution in [-0.4, -0.2) is 14.2 Å². The Morgan fingerprint density at radius 3 is 2.30 bits per heavy atom. The number of methoxy groups -OCH3 is 2. The average molecular weight is 268 g/mol. The van der Waals surface area contributed by atoms with Crippen molar-refractivity contribution in [1.82, 2.24) is 0 Å². The minimum atomic E-state index is 0.756. The second kappa shape index (κ2) is 4.67. The topological polar surface area (TPSA) is 22.3 Å². The fourth-order valence-corrected chi connectivity index (χ4v) is 2.69. The first-order valence-electron chi connectivity index (χ1n) is 6.59. The average Bonchev–Trinajstić information content (AvgIpc) is 2.46. The lowest BCUT2D eigenvalue weighted by atomic mass is 10.0. The van der Waals surface area contributed by atoms with Crippen LogP contribution in [0.15, 0.2) is 36.5 Å². The maximum atomic E-state index is 5.42. The van der Waals surface area contributed by atoms with E-state index in [1.165, 1.54) is 21.9 Å². The van der Waals surface area contributed by atoms with Crippen LogP contribution in [0.3, 0.4) is 0 Å². The number of rotatable bonds is 2. The number of nitrogens with zero attached hydrogens (tertiary/aromatic N) is 1. The molecule has 2 aromatic carbocycles. The smallest absolute Gasteiger partial charge is 0.212 e. The minimum Gasteiger partial charge on any atom is -0.493 e. The maximum absolute atomic E-state index is 5.42. The molecule has 3 rings (SSSR count). The molecule has 0 saturated carbocycles. The molecule has 3 aromatic rings. The SMILES string of the molecule is COc1cc2c[n+](C)c3ccc(C)cc3c2cc1OC. The predicted molar refractivity (Wildman–Crippen MR) is 80.5 cm³/mol. The van der Waals surface area contributed by atoms with Gasteiger partial charge in [0.25, 0.3) is 0 Å². The van der Waals surface area contributed by atoms with Gasteiger partial charge in [0.2, 0.25) is 5.52 Å². The van der Waals surface area contributed by atoms with E-state index in [4.69, 9.17) is 9.47 Å². The number of hydrogen-bond acceptors (Lipinski definition) is 2. The number of aromatic nitrogens is 1. The molecule has 3 nitrogen and oxygen atoms in total. The van der Waals surface area contributed by atoms with Crippen LogP contribution >= 0.6 is 0 Å². The number of pyridine rings is 1. The van der Waals surface area contributed by atoms with E-state index in [1.807, 2.05) is 6.07 Å². The second-order valence-electron chi connectivity index (χ2n) is 5.06. The van der Waals surface area contributed by atoms with Crippen LogP contribution in [0.4, 0.5) is 0 Å². The molecule has 0 fully saturated rings. The standard InChI is InChI=1S/C17H18NO2/c1-11-5-6-15-14(7-11)13-9-17(20-4)16(19-3)8-12(13)10-18(15)2/h5-10H,1-4H3/q+1. The highest BCUT2D eigenvalue weighted by Crippen LogP contribution is 2.34. The predicted octanol–water partition coefficient (Wildman–Crippen LogP) is 3.14. The summed E-state index contributed by atoms with van der Waals surface area (Å²) < 4.78 is 12.9. The Kier molecular flexibility index (Phi) is 2.97. The maximum Gasteiger partial charge on any atom is 0.212 e. The highest BCUT2D eigenvalue weighted by Gasteiger charge is 2.14. The van der Waals surface area contributed by atoms with Gasteiger partial charge >= 0.3 is 0 Å². The van der Waals surface area contributed by atoms with Crippen LogP contribution in [0.1, 0.15) is 5.56 Å². The molecular formula is C17H18NO2+. The van der Waals surface area contributed by atoms with Gasteiger partial charge < -0.3 is 9.47 Å². The third kappa shape index (κ3) is 1.86. The van der Waals surface area contributed by atoms with E-state index in [-0.39, 0.29) is 0 Å². The first-order valence-corrected chi connectivity index (χ1v) is 6.59. The van der Waals surface area contributed by atoms with Crippen molar-refractivity contribution in [2.45, 2.75) is 6.92 Å². The summed E-state index contributed by atoms with van der Waals surface area (Å²) in [4.78, 5) is 0. The van der Waals surface area contributed by atoms with Crippen molar-refractivity contribution in [2.75, 3.05) is 14.2 Å². The second-order valence-corrected chi connectivity index (χ2v) is 5.06. The number of hydrogen-bond donors (Lipinski definition) is 0. The minimum absolute atomic E-state index is 0.756. The van der Waals surface area contributed by atoms with Crippen LogP contribution in [0.25, 0.3) is 21.7 Å². The van der Waals surface area contributed by atoms with Gasteiger partial charge in [-0.3, -0.25) is 0 Å². The number of benzene rings is 2. The van der Waals surface area contributed by atoms with Gasteiger partial charge in [0, 0.05) is 11.5 Å². The lowest BCUT2D eigenvalue weighted by molar-refractivity contribution is -0.643. The molecule has 3 heteroatoms. The van der Waals surface area contributed by atoms with Crippen LogP contribution in [0.2, 0.25) is 0 Å². The normalized spacial score (nSPS) is 11.0. The summed E-state index contributed by atoms with van der Waals surface area (Å²) in [6.07, 6.45) is 2.12. The van der Waals surface area contributed by atoms with Gasteiger partial charge in [0.15, 0.2) is 17.7 Å². The molecule has 1 aromatic heterocycles. The van der Waals surface area contributed by atoms with Gasteiger partial charge in [-0.1, -0.05) is 11.6 Å². The number of ether oxygens (including phenoxy) is 2. The van der Waals surface area contributed by atoms with Gasteiger partial charge in [-0.2, -0.15) is 0 Å². The largest absolute Gasteiger partial charge is 0.493 e. The highest BCUT2D eigenvalue weighted by atomic mass is 16.5. The molecule has 0 radical (unpaired) electrons. The van der Waals surface area contributed by atoms with Crippen molar-refractivity contribution in [3.8, 4) is 11.5 Å². The van der Waals surface area contributed by atoms with Gasteiger partial charge in [0.05, 0.1) is 25.0 Å². The van der Waals surface area contributed by atoms with Crippen molar-refractivity contribution in [3.05, 3.63) is 42.1 Å². The molecule has 0 N–H and O–H groups in total. The van der Waals surface area contributed by atoms with Gasteiger partial charge in [-0.05, 0) is 25.1 Å². The first kappa shape index (κ1) is 12.7. The lowest BCUT2D eigenvalue weighted by Crippen LogP contribution is -2.28. The Hall–Kier alpha value is -2.29. The van der Waals surface area contributed by atoms with Crippen molar-refractivity contribution < 1.29 is 14.0 Å². The molecular weight excluding hydrogens is 250 g/mol. The Balaban J connectivity index is 2.48. The van der Waals surface area contributed by atoms with Gasteiger partial charge in [-0.15, -0.1) is 0 Å². The summed E-state index contributed by atoms with van der Waals surface area (Å²) in [5.74, 6) is 1.52. The van der Waals surface area contributed by atoms with Gasteiger partial charge in [0.1, 0.15) is 7.05 Å². The molecule has 0 saturated heterocycles. The first-order chi connectivity index (χ1) is 9.63. The van der Waals surface area contributed by atoms with E-state index in [9.17, 15) is 0 Å². The van der Waals surface area contributed by atoms with Crippen LogP contribution < -0.4 is 14.0 Å². The van der Waals surface area contributed by atoms with E-state index in [2.05, 4.69) is 49.0 Å². The summed E-state index contributed by atoms with van der Waals surface area (Å²) in [5, 5.41) is 3.55. The third-order valence-electron chi connectivity index (χ3n) is 3.71. The summed E-state index contributed by atoms with van der Waals surface area (Å²) >= 11 is 0. The molecule has 0 amide bonds. The number of fused-ring (bicyclic) bond motifs is 3. The zero-order valence-corrected chi connectivity index (χ0v) is 12.2. The summed E-state index contributed by atoms with van der Waals surface area (Å²) in [7, 11) is 5.39. The summed E-state index contributed by atoms with van der Waals surface area (Å²) in [5.41, 5.74) is 2.45. The fraction of sp³-hybridized carbons (Fsp3) is 0.235. The Morgan fingerprint density at radius 2 is 1.60 bits per heavy atom. The van der Waals surface area contributed by atoms with E-state index in [0.29, 0.717) is 0 Å². The van der Waals surface area contributed by atoms with E-state index in [1.54, 1.807) is 14.2 Å². The molecule has 0 spiro atoms. The Labute approximate surface area is 118 Å². The van der Waals surface area contributed by atoms with E-state index >= 15 is 0 Å². The molecule has 20 heavy (non-hydrogen) atoms. The zero-order chi connectivity index (χ0) is 14.3. The molecule has 102 valence electrons. The van der Waals surface area contributed by atoms with Crippen molar-refractivity contribution in [1.29, 1.82) is 0 Å². The number of aryl methyl sites for hydroxylation is 2. The van der Waals surface area contributed by atoms with Crippen LogP contribution in [0, 0.1) is 6.92 Å². The third-order valence-corrected chi connectivity index (χ3v) is 3.71. The molecule has 0 atom stereocenters. The van der Waals surface area contributed by atoms with Crippen LogP contribution in [-0.2, 0) is 7.05 Å². The summed E-state index contributed by atoms with van der Waals surface area (Å²) in [6, 6.07) is 10.6. The molecule has 1 heterocycles. The van der Waals surface area contributed by atoms with Gasteiger partial charge in [-0.25, -0.2) is 4.57 Å². The lowest BCUT2D eigenvalue weighted by Gasteiger charge is -2.10. The van der Waals surface area contributed by atoms with E-state index in [0.717, 1.165) is 16.9 Å². The van der Waals surface area contributed by atoms with Crippen molar-refractivity contribution in [2.24, 2.45) is 7.05 Å². The van der Waals surface area contributed by atoms with Crippen molar-refractivity contribution >= 4 is 21.7 Å². The van der Waals surface area contributed by atoms with Crippen molar-refractivity contribution in [3.63, 3.8) is 0 Å². The Morgan fingerprint density at radius 1 is 0.900 bits per heavy atom. The molecule has 0 aliphatic rings. The molecule has 0 aliphatic carbocycles. The fourth-order valence-electron chi connectivity index (χ4n) is 2.69. The molecule has 0 unspecified atom stereocenters. The molecule has 0 bridgehead atoms. The zero-order valence-electron chi connectivity index (χ0n) is 12.2.